The van der Waals surface area contributed by atoms with E-state index in [0.29, 0.717) is 23.6 Å². The Morgan fingerprint density at radius 3 is 2.59 bits per heavy atom. The van der Waals surface area contributed by atoms with E-state index in [0.717, 1.165) is 25.0 Å². The minimum absolute atomic E-state index is 0.144. The van der Waals surface area contributed by atoms with E-state index in [2.05, 4.69) is 15.6 Å². The fraction of sp³-hybridized carbons (Fsp3) is 0.381. The molecule has 0 radical (unpaired) electrons. The topological polar surface area (TPSA) is 71.1 Å². The van der Waals surface area contributed by atoms with Crippen molar-refractivity contribution in [3.05, 3.63) is 58.8 Å². The zero-order chi connectivity index (χ0) is 21.2. The smallest absolute Gasteiger partial charge is 0.346 e. The molecule has 0 bridgehead atoms. The molecule has 1 fully saturated rings. The van der Waals surface area contributed by atoms with E-state index in [1.54, 1.807) is 19.9 Å². The highest BCUT2D eigenvalue weighted by Crippen LogP contribution is 2.32. The van der Waals surface area contributed by atoms with Crippen LogP contribution >= 0.6 is 0 Å². The fourth-order valence-electron chi connectivity index (χ4n) is 2.99. The van der Waals surface area contributed by atoms with Crippen LogP contribution < -0.4 is 10.6 Å². The third kappa shape index (κ3) is 5.79. The third-order valence-corrected chi connectivity index (χ3v) is 4.72. The predicted molar refractivity (Wildman–Crippen MR) is 102 cm³/mol. The molecular weight excluding hydrogens is 383 g/mol. The van der Waals surface area contributed by atoms with Gasteiger partial charge in [0, 0.05) is 17.7 Å². The number of carbonyl (C=O) groups excluding carboxylic acids is 2. The van der Waals surface area contributed by atoms with E-state index in [1.165, 1.54) is 18.2 Å². The summed E-state index contributed by atoms with van der Waals surface area (Å²) in [6.07, 6.45) is -1.91. The highest BCUT2D eigenvalue weighted by Gasteiger charge is 2.31. The molecule has 1 unspecified atom stereocenters. The molecule has 3 rings (SSSR count). The van der Waals surface area contributed by atoms with Gasteiger partial charge in [-0.05, 0) is 62.4 Å². The van der Waals surface area contributed by atoms with Crippen molar-refractivity contribution in [2.24, 2.45) is 5.92 Å². The summed E-state index contributed by atoms with van der Waals surface area (Å²) in [5, 5.41) is 5.40. The quantitative estimate of drug-likeness (QED) is 0.736. The summed E-state index contributed by atoms with van der Waals surface area (Å²) in [7, 11) is 0. The molecule has 1 saturated carbocycles. The van der Waals surface area contributed by atoms with Crippen LogP contribution in [0.3, 0.4) is 0 Å². The maximum absolute atomic E-state index is 12.9. The van der Waals surface area contributed by atoms with Gasteiger partial charge >= 0.3 is 6.18 Å². The summed E-state index contributed by atoms with van der Waals surface area (Å²) < 4.78 is 38.7. The molecule has 2 N–H and O–H groups in total. The van der Waals surface area contributed by atoms with E-state index < -0.39 is 23.7 Å². The second-order valence-corrected chi connectivity index (χ2v) is 7.40. The summed E-state index contributed by atoms with van der Waals surface area (Å²) in [5.41, 5.74) is 0.401. The molecule has 1 aliphatic rings. The highest BCUT2D eigenvalue weighted by molar-refractivity contribution is 5.97. The van der Waals surface area contributed by atoms with Crippen molar-refractivity contribution in [3.8, 4) is 0 Å². The Bertz CT molecular complexity index is 924. The second-order valence-electron chi connectivity index (χ2n) is 7.40. The number of anilines is 1. The lowest BCUT2D eigenvalue weighted by atomic mass is 10.0. The average Bonchev–Trinajstić information content (AvgIpc) is 3.44. The molecule has 5 nitrogen and oxygen atoms in total. The SMILES string of the molecule is Cc1cc(C(=O)NC(C)c2cccc(C(F)(F)F)c2)cc(NC(=O)CC2CC2)n1. The van der Waals surface area contributed by atoms with Crippen LogP contribution in [0.25, 0.3) is 0 Å². The van der Waals surface area contributed by atoms with Crippen LogP contribution in [0.1, 0.15) is 59.4 Å². The molecule has 0 spiro atoms. The van der Waals surface area contributed by atoms with Crippen LogP contribution in [0, 0.1) is 12.8 Å². The van der Waals surface area contributed by atoms with Gasteiger partial charge in [0.1, 0.15) is 5.82 Å². The summed E-state index contributed by atoms with van der Waals surface area (Å²) in [5.74, 6) is 0.107. The molecule has 0 aliphatic heterocycles. The minimum Gasteiger partial charge on any atom is -0.346 e. The van der Waals surface area contributed by atoms with Crippen molar-refractivity contribution in [1.82, 2.24) is 10.3 Å². The Hall–Kier alpha value is -2.90. The van der Waals surface area contributed by atoms with E-state index >= 15 is 0 Å². The van der Waals surface area contributed by atoms with E-state index in [4.69, 9.17) is 0 Å². The number of hydrogen-bond acceptors (Lipinski definition) is 3. The Balaban J connectivity index is 1.70. The number of alkyl halides is 3. The van der Waals surface area contributed by atoms with Crippen molar-refractivity contribution >= 4 is 17.6 Å². The molecule has 1 aromatic heterocycles. The monoisotopic (exact) mass is 405 g/mol. The fourth-order valence-corrected chi connectivity index (χ4v) is 2.99. The predicted octanol–water partition coefficient (Wildman–Crippen LogP) is 4.64. The Morgan fingerprint density at radius 1 is 1.21 bits per heavy atom. The van der Waals surface area contributed by atoms with Crippen LogP contribution in [-0.2, 0) is 11.0 Å². The van der Waals surface area contributed by atoms with Gasteiger partial charge in [0.2, 0.25) is 5.91 Å². The largest absolute Gasteiger partial charge is 0.416 e. The van der Waals surface area contributed by atoms with Gasteiger partial charge in [-0.1, -0.05) is 12.1 Å². The summed E-state index contributed by atoms with van der Waals surface area (Å²) >= 11 is 0. The van der Waals surface area contributed by atoms with Crippen molar-refractivity contribution in [2.45, 2.75) is 45.3 Å². The number of rotatable bonds is 6. The van der Waals surface area contributed by atoms with Gasteiger partial charge in [-0.15, -0.1) is 0 Å². The Morgan fingerprint density at radius 2 is 1.93 bits per heavy atom. The van der Waals surface area contributed by atoms with Crippen molar-refractivity contribution in [1.29, 1.82) is 0 Å². The van der Waals surface area contributed by atoms with Gasteiger partial charge in [0.05, 0.1) is 11.6 Å². The second kappa shape index (κ2) is 8.23. The lowest BCUT2D eigenvalue weighted by molar-refractivity contribution is -0.137. The lowest BCUT2D eigenvalue weighted by Crippen LogP contribution is -2.27. The van der Waals surface area contributed by atoms with Crippen molar-refractivity contribution in [2.75, 3.05) is 5.32 Å². The summed E-state index contributed by atoms with van der Waals surface area (Å²) in [4.78, 5) is 28.8. The van der Waals surface area contributed by atoms with Crippen LogP contribution in [0.2, 0.25) is 0 Å². The molecule has 0 saturated heterocycles. The number of benzene rings is 1. The first-order chi connectivity index (χ1) is 13.6. The molecule has 2 aromatic rings. The van der Waals surface area contributed by atoms with Crippen LogP contribution in [0.5, 0.6) is 0 Å². The number of halogens is 3. The summed E-state index contributed by atoms with van der Waals surface area (Å²) in [6.45, 7) is 3.31. The molecule has 1 aliphatic carbocycles. The van der Waals surface area contributed by atoms with Gasteiger partial charge in [0.15, 0.2) is 0 Å². The summed E-state index contributed by atoms with van der Waals surface area (Å²) in [6, 6.07) is 7.24. The number of aromatic nitrogens is 1. The van der Waals surface area contributed by atoms with Crippen LogP contribution in [0.4, 0.5) is 19.0 Å². The first-order valence-electron chi connectivity index (χ1n) is 9.38. The van der Waals surface area contributed by atoms with E-state index in [1.807, 2.05) is 0 Å². The van der Waals surface area contributed by atoms with Crippen molar-refractivity contribution < 1.29 is 22.8 Å². The van der Waals surface area contributed by atoms with Gasteiger partial charge in [0.25, 0.3) is 5.91 Å². The zero-order valence-electron chi connectivity index (χ0n) is 16.1. The van der Waals surface area contributed by atoms with Crippen LogP contribution in [-0.4, -0.2) is 16.8 Å². The zero-order valence-corrected chi connectivity index (χ0v) is 16.1. The van der Waals surface area contributed by atoms with Crippen molar-refractivity contribution in [3.63, 3.8) is 0 Å². The van der Waals surface area contributed by atoms with Crippen LogP contribution in [0.15, 0.2) is 36.4 Å². The molecule has 2 amide bonds. The molecule has 29 heavy (non-hydrogen) atoms. The van der Waals surface area contributed by atoms with E-state index in [-0.39, 0.29) is 17.3 Å². The first-order valence-corrected chi connectivity index (χ1v) is 9.38. The molecular formula is C21H22F3N3O2. The number of carbonyl (C=O) groups is 2. The van der Waals surface area contributed by atoms with Gasteiger partial charge in [-0.2, -0.15) is 13.2 Å². The van der Waals surface area contributed by atoms with Gasteiger partial charge < -0.3 is 10.6 Å². The number of nitrogens with one attached hydrogen (secondary N) is 2. The number of amides is 2. The molecule has 1 atom stereocenters. The number of aryl methyl sites for hydroxylation is 1. The third-order valence-electron chi connectivity index (χ3n) is 4.72. The normalized spacial score (nSPS) is 14.9. The average molecular weight is 405 g/mol. The standard InChI is InChI=1S/C21H22F3N3O2/c1-12-8-16(11-18(25-12)27-19(28)9-14-6-7-14)20(29)26-13(2)15-4-3-5-17(10-15)21(22,23)24/h3-5,8,10-11,13-14H,6-7,9H2,1-2H3,(H,26,29)(H,25,27,28). The van der Waals surface area contributed by atoms with Gasteiger partial charge in [-0.25, -0.2) is 4.98 Å². The molecule has 1 heterocycles. The number of pyridine rings is 1. The highest BCUT2D eigenvalue weighted by atomic mass is 19.4. The maximum Gasteiger partial charge on any atom is 0.416 e. The molecule has 8 heteroatoms. The number of hydrogen-bond donors (Lipinski definition) is 2. The molecule has 1 aromatic carbocycles. The van der Waals surface area contributed by atoms with E-state index in [9.17, 15) is 22.8 Å². The van der Waals surface area contributed by atoms with Gasteiger partial charge in [-0.3, -0.25) is 9.59 Å². The lowest BCUT2D eigenvalue weighted by Gasteiger charge is -2.17. The Labute approximate surface area is 166 Å². The maximum atomic E-state index is 12.9. The Kier molecular flexibility index (Phi) is 5.91. The molecule has 154 valence electrons. The number of nitrogens with zero attached hydrogens (tertiary/aromatic N) is 1. The minimum atomic E-state index is -4.45. The first kappa shape index (κ1) is 20.8.